The molecule has 0 saturated carbocycles. The molecule has 8 nitrogen and oxygen atoms in total. The van der Waals surface area contributed by atoms with Crippen LogP contribution in [0.5, 0.6) is 17.2 Å². The van der Waals surface area contributed by atoms with Crippen LogP contribution in [0, 0.1) is 0 Å². The molecular formula is C23H27N3O5S. The van der Waals surface area contributed by atoms with Crippen LogP contribution in [0.1, 0.15) is 0 Å². The van der Waals surface area contributed by atoms with Crippen molar-refractivity contribution in [2.45, 2.75) is 0 Å². The number of aromatic nitrogens is 1. The summed E-state index contributed by atoms with van der Waals surface area (Å²) in [5.41, 5.74) is 0.810. The van der Waals surface area contributed by atoms with Gasteiger partial charge in [0.15, 0.2) is 11.7 Å². The van der Waals surface area contributed by atoms with Crippen molar-refractivity contribution in [3.05, 3.63) is 42.5 Å². The Kier molecular flexibility index (Phi) is 7.41. The van der Waals surface area contributed by atoms with Gasteiger partial charge in [-0.05, 0) is 36.4 Å². The summed E-state index contributed by atoms with van der Waals surface area (Å²) < 4.78 is 22.7. The minimum absolute atomic E-state index is 0.0747. The number of methoxy groups -OCH3 is 2. The number of benzene rings is 2. The number of rotatable bonds is 9. The maximum atomic E-state index is 13.2. The van der Waals surface area contributed by atoms with Gasteiger partial charge in [0.2, 0.25) is 0 Å². The summed E-state index contributed by atoms with van der Waals surface area (Å²) >= 11 is 1.49. The van der Waals surface area contributed by atoms with Crippen molar-refractivity contribution in [3.8, 4) is 17.2 Å². The van der Waals surface area contributed by atoms with Crippen molar-refractivity contribution < 1.29 is 23.7 Å². The van der Waals surface area contributed by atoms with Crippen molar-refractivity contribution in [1.29, 1.82) is 0 Å². The normalized spacial score (nSPS) is 14.3. The van der Waals surface area contributed by atoms with Crippen LogP contribution in [-0.2, 0) is 9.53 Å². The second-order valence-corrected chi connectivity index (χ2v) is 8.30. The third-order valence-electron chi connectivity index (χ3n) is 5.28. The van der Waals surface area contributed by atoms with Crippen LogP contribution in [0.4, 0.5) is 5.13 Å². The van der Waals surface area contributed by atoms with Gasteiger partial charge in [-0.15, -0.1) is 0 Å². The summed E-state index contributed by atoms with van der Waals surface area (Å²) in [4.78, 5) is 21.9. The molecule has 1 fully saturated rings. The van der Waals surface area contributed by atoms with Crippen molar-refractivity contribution in [2.75, 3.05) is 65.1 Å². The zero-order valence-electron chi connectivity index (χ0n) is 18.3. The van der Waals surface area contributed by atoms with Crippen LogP contribution in [0.15, 0.2) is 42.5 Å². The molecule has 9 heteroatoms. The Bertz CT molecular complexity index is 1030. The first-order valence-corrected chi connectivity index (χ1v) is 11.3. The number of amides is 1. The van der Waals surface area contributed by atoms with Crippen LogP contribution in [0.2, 0.25) is 0 Å². The molecule has 2 aromatic carbocycles. The maximum Gasteiger partial charge on any atom is 0.266 e. The van der Waals surface area contributed by atoms with Crippen LogP contribution >= 0.6 is 11.3 Å². The summed E-state index contributed by atoms with van der Waals surface area (Å²) in [7, 11) is 3.24. The number of carbonyl (C=O) groups excluding carboxylic acids is 1. The Morgan fingerprint density at radius 1 is 1.06 bits per heavy atom. The molecule has 0 N–H and O–H groups in total. The Morgan fingerprint density at radius 3 is 2.47 bits per heavy atom. The van der Waals surface area contributed by atoms with Gasteiger partial charge in [0.25, 0.3) is 5.91 Å². The maximum absolute atomic E-state index is 13.2. The Balaban J connectivity index is 1.49. The molecule has 0 bridgehead atoms. The van der Waals surface area contributed by atoms with Crippen molar-refractivity contribution in [3.63, 3.8) is 0 Å². The van der Waals surface area contributed by atoms with E-state index >= 15 is 0 Å². The number of anilines is 1. The monoisotopic (exact) mass is 457 g/mol. The lowest BCUT2D eigenvalue weighted by Crippen LogP contribution is -2.44. The number of ether oxygens (including phenoxy) is 4. The molecule has 1 aliphatic rings. The number of nitrogens with zero attached hydrogens (tertiary/aromatic N) is 3. The minimum atomic E-state index is -0.139. The number of thiazole rings is 1. The lowest BCUT2D eigenvalue weighted by molar-refractivity contribution is -0.120. The van der Waals surface area contributed by atoms with E-state index in [1.807, 2.05) is 18.2 Å². The largest absolute Gasteiger partial charge is 0.497 e. The van der Waals surface area contributed by atoms with E-state index in [4.69, 9.17) is 23.9 Å². The fourth-order valence-electron chi connectivity index (χ4n) is 3.43. The van der Waals surface area contributed by atoms with Crippen LogP contribution in [0.3, 0.4) is 0 Å². The number of hydrogen-bond acceptors (Lipinski definition) is 8. The minimum Gasteiger partial charge on any atom is -0.497 e. The second-order valence-electron chi connectivity index (χ2n) is 7.29. The predicted molar refractivity (Wildman–Crippen MR) is 124 cm³/mol. The molecule has 1 saturated heterocycles. The number of fused-ring (bicyclic) bond motifs is 1. The van der Waals surface area contributed by atoms with E-state index < -0.39 is 0 Å². The van der Waals surface area contributed by atoms with E-state index in [-0.39, 0.29) is 12.5 Å². The van der Waals surface area contributed by atoms with Crippen LogP contribution < -0.4 is 19.1 Å². The van der Waals surface area contributed by atoms with E-state index in [9.17, 15) is 4.79 Å². The highest BCUT2D eigenvalue weighted by molar-refractivity contribution is 7.22. The second kappa shape index (κ2) is 10.6. The average Bonchev–Trinajstić information content (AvgIpc) is 3.26. The number of morpholine rings is 1. The third-order valence-corrected chi connectivity index (χ3v) is 6.34. The van der Waals surface area contributed by atoms with Crippen molar-refractivity contribution in [1.82, 2.24) is 9.88 Å². The smallest absolute Gasteiger partial charge is 0.266 e. The predicted octanol–water partition coefficient (Wildman–Crippen LogP) is 3.06. The molecule has 0 spiro atoms. The Morgan fingerprint density at radius 2 is 1.75 bits per heavy atom. The summed E-state index contributed by atoms with van der Waals surface area (Å²) in [5, 5.41) is 0.657. The lowest BCUT2D eigenvalue weighted by atomic mass is 10.3. The summed E-state index contributed by atoms with van der Waals surface area (Å²) in [6.45, 7) is 4.36. The molecule has 170 valence electrons. The van der Waals surface area contributed by atoms with Gasteiger partial charge in [-0.1, -0.05) is 11.3 Å². The number of hydrogen-bond donors (Lipinski definition) is 0. The summed E-state index contributed by atoms with van der Waals surface area (Å²) in [6, 6.07) is 12.9. The lowest BCUT2D eigenvalue weighted by Gasteiger charge is -2.29. The van der Waals surface area contributed by atoms with Gasteiger partial charge in [0.05, 0.1) is 37.6 Å². The van der Waals surface area contributed by atoms with Gasteiger partial charge >= 0.3 is 0 Å². The quantitative estimate of drug-likeness (QED) is 0.489. The van der Waals surface area contributed by atoms with Gasteiger partial charge < -0.3 is 18.9 Å². The molecule has 0 aliphatic carbocycles. The highest BCUT2D eigenvalue weighted by Crippen LogP contribution is 2.31. The first-order chi connectivity index (χ1) is 15.7. The van der Waals surface area contributed by atoms with Gasteiger partial charge in [-0.25, -0.2) is 4.98 Å². The number of carbonyl (C=O) groups is 1. The third kappa shape index (κ3) is 5.48. The van der Waals surface area contributed by atoms with E-state index in [2.05, 4.69) is 4.90 Å². The Hall–Kier alpha value is -2.88. The first kappa shape index (κ1) is 22.3. The van der Waals surface area contributed by atoms with Crippen molar-refractivity contribution >= 4 is 32.6 Å². The zero-order chi connectivity index (χ0) is 22.3. The molecule has 32 heavy (non-hydrogen) atoms. The molecule has 0 atom stereocenters. The zero-order valence-corrected chi connectivity index (χ0v) is 19.1. The van der Waals surface area contributed by atoms with Crippen LogP contribution in [-0.4, -0.2) is 76.0 Å². The molecule has 1 aliphatic heterocycles. The fraction of sp³-hybridized carbons (Fsp3) is 0.391. The highest BCUT2D eigenvalue weighted by Gasteiger charge is 2.22. The van der Waals surface area contributed by atoms with E-state index in [0.29, 0.717) is 17.4 Å². The molecule has 0 radical (unpaired) electrons. The van der Waals surface area contributed by atoms with Crippen LogP contribution in [0.25, 0.3) is 10.2 Å². The summed E-state index contributed by atoms with van der Waals surface area (Å²) in [5.74, 6) is 1.95. The van der Waals surface area contributed by atoms with Gasteiger partial charge in [0, 0.05) is 32.2 Å². The average molecular weight is 458 g/mol. The fourth-order valence-corrected chi connectivity index (χ4v) is 4.41. The SMILES string of the molecule is COc1ccc(OCC(=O)N(CCN2CCOCC2)c2nc3cc(OC)ccc3s2)cc1. The van der Waals surface area contributed by atoms with Gasteiger partial charge in [0.1, 0.15) is 17.2 Å². The topological polar surface area (TPSA) is 73.4 Å². The standard InChI is InChI=1S/C23H27N3O5S/c1-28-17-3-5-18(6-4-17)31-16-22(27)26(10-9-25-11-13-30-14-12-25)23-24-20-15-19(29-2)7-8-21(20)32-23/h3-8,15H,9-14,16H2,1-2H3. The van der Waals surface area contributed by atoms with E-state index in [1.165, 1.54) is 11.3 Å². The molecule has 2 heterocycles. The first-order valence-electron chi connectivity index (χ1n) is 10.5. The van der Waals surface area contributed by atoms with E-state index in [0.717, 1.165) is 54.6 Å². The molecule has 4 rings (SSSR count). The summed E-state index contributed by atoms with van der Waals surface area (Å²) in [6.07, 6.45) is 0. The van der Waals surface area contributed by atoms with Gasteiger partial charge in [-0.2, -0.15) is 0 Å². The Labute approximate surface area is 191 Å². The van der Waals surface area contributed by atoms with E-state index in [1.54, 1.807) is 43.4 Å². The molecule has 1 amide bonds. The van der Waals surface area contributed by atoms with Crippen molar-refractivity contribution in [2.24, 2.45) is 0 Å². The van der Waals surface area contributed by atoms with Gasteiger partial charge in [-0.3, -0.25) is 14.6 Å². The highest BCUT2D eigenvalue weighted by atomic mass is 32.1. The molecule has 3 aromatic rings. The molecular weight excluding hydrogens is 430 g/mol. The molecule has 1 aromatic heterocycles. The molecule has 0 unspecified atom stereocenters.